The highest BCUT2D eigenvalue weighted by molar-refractivity contribution is 6.04. The number of pyridine rings is 2. The highest BCUT2D eigenvalue weighted by atomic mass is 19.1. The first-order valence-electron chi connectivity index (χ1n) is 9.57. The van der Waals surface area contributed by atoms with Crippen LogP contribution in [0.15, 0.2) is 61.2 Å². The molecule has 0 radical (unpaired) electrons. The van der Waals surface area contributed by atoms with E-state index in [9.17, 15) is 9.18 Å². The SMILES string of the molecule is [2H]c1c([2H])c(C(=O)Nc2cc3cc(-c4cncn4C)cnc3cn2)c([2H])c([2H])c1F. The van der Waals surface area contributed by atoms with Crippen LogP contribution in [0.1, 0.15) is 15.8 Å². The maximum atomic E-state index is 13.7. The molecule has 3 aromatic heterocycles. The Morgan fingerprint density at radius 1 is 1.15 bits per heavy atom. The molecule has 7 heteroatoms. The van der Waals surface area contributed by atoms with E-state index in [2.05, 4.69) is 20.3 Å². The molecule has 0 saturated heterocycles. The van der Waals surface area contributed by atoms with E-state index >= 15 is 0 Å². The number of hydrogen-bond acceptors (Lipinski definition) is 4. The van der Waals surface area contributed by atoms with Crippen LogP contribution in [0.2, 0.25) is 0 Å². The van der Waals surface area contributed by atoms with Gasteiger partial charge in [-0.2, -0.15) is 0 Å². The molecule has 1 aromatic carbocycles. The van der Waals surface area contributed by atoms with Gasteiger partial charge in [-0.1, -0.05) is 0 Å². The summed E-state index contributed by atoms with van der Waals surface area (Å²) in [6.45, 7) is 0. The number of benzene rings is 1. The zero-order valence-electron chi connectivity index (χ0n) is 17.5. The van der Waals surface area contributed by atoms with Gasteiger partial charge in [0.05, 0.1) is 35.4 Å². The zero-order valence-corrected chi connectivity index (χ0v) is 13.5. The van der Waals surface area contributed by atoms with Crippen molar-refractivity contribution >= 4 is 22.6 Å². The van der Waals surface area contributed by atoms with E-state index in [1.165, 1.54) is 6.20 Å². The number of nitrogens with zero attached hydrogens (tertiary/aromatic N) is 4. The summed E-state index contributed by atoms with van der Waals surface area (Å²) in [6, 6.07) is 0.0961. The molecule has 0 aliphatic carbocycles. The number of carbonyl (C=O) groups excluding carboxylic acids is 1. The number of anilines is 1. The lowest BCUT2D eigenvalue weighted by atomic mass is 10.1. The fourth-order valence-electron chi connectivity index (χ4n) is 2.46. The summed E-state index contributed by atoms with van der Waals surface area (Å²) in [4.78, 5) is 25.1. The quantitative estimate of drug-likeness (QED) is 0.614. The second-order valence-corrected chi connectivity index (χ2v) is 5.52. The van der Waals surface area contributed by atoms with Crippen LogP contribution in [0, 0.1) is 5.82 Å². The molecule has 26 heavy (non-hydrogen) atoms. The van der Waals surface area contributed by atoms with E-state index in [1.807, 2.05) is 17.7 Å². The molecule has 3 heterocycles. The van der Waals surface area contributed by atoms with Crippen molar-refractivity contribution in [3.05, 3.63) is 72.6 Å². The van der Waals surface area contributed by atoms with Gasteiger partial charge in [0.1, 0.15) is 11.6 Å². The molecular weight excluding hydrogens is 333 g/mol. The van der Waals surface area contributed by atoms with Gasteiger partial charge in [-0.05, 0) is 36.3 Å². The Labute approximate surface area is 154 Å². The smallest absolute Gasteiger partial charge is 0.256 e. The Morgan fingerprint density at radius 2 is 1.96 bits per heavy atom. The summed E-state index contributed by atoms with van der Waals surface area (Å²) >= 11 is 0. The number of amides is 1. The summed E-state index contributed by atoms with van der Waals surface area (Å²) in [5, 5.41) is 3.13. The van der Waals surface area contributed by atoms with Crippen LogP contribution in [0.3, 0.4) is 0 Å². The van der Waals surface area contributed by atoms with Gasteiger partial charge in [0.15, 0.2) is 0 Å². The normalized spacial score (nSPS) is 13.0. The highest BCUT2D eigenvalue weighted by Crippen LogP contribution is 2.23. The number of halogens is 1. The van der Waals surface area contributed by atoms with E-state index in [0.29, 0.717) is 10.9 Å². The molecule has 0 bridgehead atoms. The van der Waals surface area contributed by atoms with Crippen molar-refractivity contribution in [3.8, 4) is 11.3 Å². The van der Waals surface area contributed by atoms with E-state index < -0.39 is 41.5 Å². The monoisotopic (exact) mass is 351 g/mol. The minimum Gasteiger partial charge on any atom is -0.334 e. The standard InChI is InChI=1S/C19H14FN5O/c1-25-11-21-10-17(25)14-6-13-7-18(23-9-16(13)22-8-14)24-19(26)12-2-4-15(20)5-3-12/h2-11H,1H3,(H,23,24,26)/i2D,3D,4D,5D. The van der Waals surface area contributed by atoms with Gasteiger partial charge < -0.3 is 9.88 Å². The number of fused-ring (bicyclic) bond motifs is 1. The maximum Gasteiger partial charge on any atom is 0.256 e. The number of rotatable bonds is 3. The molecule has 128 valence electrons. The molecule has 0 aliphatic heterocycles. The van der Waals surface area contributed by atoms with Crippen molar-refractivity contribution in [2.75, 3.05) is 5.32 Å². The highest BCUT2D eigenvalue weighted by Gasteiger charge is 2.09. The van der Waals surface area contributed by atoms with Crippen molar-refractivity contribution in [1.82, 2.24) is 19.5 Å². The fraction of sp³-hybridized carbons (Fsp3) is 0.0526. The van der Waals surface area contributed by atoms with Crippen LogP contribution in [0.4, 0.5) is 10.2 Å². The van der Waals surface area contributed by atoms with E-state index in [1.54, 1.807) is 24.8 Å². The van der Waals surface area contributed by atoms with E-state index in [4.69, 9.17) is 5.48 Å². The Kier molecular flexibility index (Phi) is 2.90. The van der Waals surface area contributed by atoms with Crippen LogP contribution < -0.4 is 5.32 Å². The summed E-state index contributed by atoms with van der Waals surface area (Å²) in [7, 11) is 1.85. The van der Waals surface area contributed by atoms with Gasteiger partial charge in [-0.3, -0.25) is 9.78 Å². The first kappa shape index (κ1) is 11.9. The molecule has 0 saturated carbocycles. The lowest BCUT2D eigenvalue weighted by Crippen LogP contribution is -2.12. The molecule has 1 amide bonds. The molecule has 0 atom stereocenters. The van der Waals surface area contributed by atoms with Gasteiger partial charge in [-0.15, -0.1) is 0 Å². The average molecular weight is 351 g/mol. The van der Waals surface area contributed by atoms with E-state index in [0.717, 1.165) is 11.3 Å². The third-order valence-electron chi connectivity index (χ3n) is 3.74. The minimum absolute atomic E-state index is 0.123. The largest absolute Gasteiger partial charge is 0.334 e. The zero-order chi connectivity index (χ0) is 21.6. The average Bonchev–Trinajstić information content (AvgIpc) is 3.16. The molecule has 4 rings (SSSR count). The van der Waals surface area contributed by atoms with Gasteiger partial charge in [0.25, 0.3) is 5.91 Å². The van der Waals surface area contributed by atoms with Gasteiger partial charge in [-0.25, -0.2) is 14.4 Å². The van der Waals surface area contributed by atoms with Crippen molar-refractivity contribution in [1.29, 1.82) is 0 Å². The van der Waals surface area contributed by atoms with Crippen LogP contribution in [0.25, 0.3) is 22.2 Å². The number of nitrogens with one attached hydrogen (secondary N) is 1. The Bertz CT molecular complexity index is 1300. The van der Waals surface area contributed by atoms with Crippen molar-refractivity contribution in [2.24, 2.45) is 7.05 Å². The summed E-state index contributed by atoms with van der Waals surface area (Å²) < 4.78 is 46.2. The molecular formula is C19H14FN5O. The summed E-state index contributed by atoms with van der Waals surface area (Å²) in [5.41, 5.74) is 1.69. The topological polar surface area (TPSA) is 72.7 Å². The predicted molar refractivity (Wildman–Crippen MR) is 96.1 cm³/mol. The number of hydrogen-bond donors (Lipinski definition) is 1. The van der Waals surface area contributed by atoms with Crippen LogP contribution in [-0.2, 0) is 7.05 Å². The molecule has 4 aromatic rings. The number of aromatic nitrogens is 4. The maximum absolute atomic E-state index is 13.7. The predicted octanol–water partition coefficient (Wildman–Crippen LogP) is 3.42. The summed E-state index contributed by atoms with van der Waals surface area (Å²) in [6.07, 6.45) is 6.50. The lowest BCUT2D eigenvalue weighted by Gasteiger charge is -2.07. The van der Waals surface area contributed by atoms with Gasteiger partial charge in [0.2, 0.25) is 0 Å². The molecule has 0 aliphatic rings. The van der Waals surface area contributed by atoms with Gasteiger partial charge >= 0.3 is 0 Å². The van der Waals surface area contributed by atoms with Crippen LogP contribution >= 0.6 is 0 Å². The minimum atomic E-state index is -1.31. The fourth-order valence-corrected chi connectivity index (χ4v) is 2.46. The van der Waals surface area contributed by atoms with Crippen molar-refractivity contribution in [2.45, 2.75) is 0 Å². The van der Waals surface area contributed by atoms with Crippen LogP contribution in [0.5, 0.6) is 0 Å². The van der Waals surface area contributed by atoms with E-state index in [-0.39, 0.29) is 5.82 Å². The molecule has 0 unspecified atom stereocenters. The second-order valence-electron chi connectivity index (χ2n) is 5.52. The Morgan fingerprint density at radius 3 is 2.69 bits per heavy atom. The molecule has 6 nitrogen and oxygen atoms in total. The first-order chi connectivity index (χ1) is 14.3. The second kappa shape index (κ2) is 6.36. The lowest BCUT2D eigenvalue weighted by molar-refractivity contribution is 0.102. The molecule has 0 fully saturated rings. The number of aryl methyl sites for hydroxylation is 1. The Hall–Kier alpha value is -3.61. The summed E-state index contributed by atoms with van der Waals surface area (Å²) in [5.74, 6) is -2.11. The van der Waals surface area contributed by atoms with Crippen LogP contribution in [-0.4, -0.2) is 25.4 Å². The van der Waals surface area contributed by atoms with Crippen molar-refractivity contribution in [3.63, 3.8) is 0 Å². The third-order valence-corrected chi connectivity index (χ3v) is 3.74. The number of imidazole rings is 1. The molecule has 0 spiro atoms. The number of carbonyl (C=O) groups is 1. The third kappa shape index (κ3) is 3.02. The Balaban J connectivity index is 1.71. The first-order valence-corrected chi connectivity index (χ1v) is 7.57. The molecule has 1 N–H and O–H groups in total. The van der Waals surface area contributed by atoms with Crippen molar-refractivity contribution < 1.29 is 14.7 Å². The van der Waals surface area contributed by atoms with Gasteiger partial charge in [0, 0.05) is 29.8 Å².